The Balaban J connectivity index is 1.31. The predicted octanol–water partition coefficient (Wildman–Crippen LogP) is 7.07. The summed E-state index contributed by atoms with van der Waals surface area (Å²) in [5, 5.41) is 15.2. The van der Waals surface area contributed by atoms with Gasteiger partial charge in [0.15, 0.2) is 6.04 Å². The van der Waals surface area contributed by atoms with Crippen LogP contribution in [0.4, 0.5) is 0 Å². The number of pyridine rings is 1. The Labute approximate surface area is 240 Å². The molecule has 1 amide bonds. The molecule has 2 N–H and O–H groups in total. The van der Waals surface area contributed by atoms with Gasteiger partial charge < -0.3 is 15.0 Å². The van der Waals surface area contributed by atoms with E-state index in [4.69, 9.17) is 4.98 Å². The molecule has 2 atom stereocenters. The first-order chi connectivity index (χ1) is 19.9. The lowest BCUT2D eigenvalue weighted by molar-refractivity contribution is -0.142. The number of nitrogens with zero attached hydrogens (tertiary/aromatic N) is 2. The number of aromatic nitrogens is 2. The van der Waals surface area contributed by atoms with Crippen LogP contribution in [-0.2, 0) is 16.1 Å². The summed E-state index contributed by atoms with van der Waals surface area (Å²) < 4.78 is 2.28. The number of aliphatic carboxylic acids is 1. The van der Waals surface area contributed by atoms with E-state index in [-0.39, 0.29) is 11.8 Å². The fourth-order valence-corrected chi connectivity index (χ4v) is 6.65. The molecule has 0 saturated heterocycles. The second kappa shape index (κ2) is 11.2. The number of benzene rings is 3. The number of hydrogen-bond acceptors (Lipinski definition) is 3. The van der Waals surface area contributed by atoms with Gasteiger partial charge in [0.25, 0.3) is 0 Å². The number of aryl methyl sites for hydroxylation is 2. The quantitative estimate of drug-likeness (QED) is 0.218. The Kier molecular flexibility index (Phi) is 7.31. The van der Waals surface area contributed by atoms with Crippen LogP contribution < -0.4 is 5.32 Å². The molecule has 1 aliphatic carbocycles. The van der Waals surface area contributed by atoms with Crippen molar-refractivity contribution in [3.05, 3.63) is 113 Å². The zero-order valence-electron chi connectivity index (χ0n) is 23.5. The highest BCUT2D eigenvalue weighted by Crippen LogP contribution is 2.38. The van der Waals surface area contributed by atoms with Crippen molar-refractivity contribution >= 4 is 33.8 Å². The number of carboxylic acid groups (broad SMARTS) is 1. The first-order valence-electron chi connectivity index (χ1n) is 14.4. The fourth-order valence-electron chi connectivity index (χ4n) is 6.65. The monoisotopic (exact) mass is 545 g/mol. The summed E-state index contributed by atoms with van der Waals surface area (Å²) in [6, 6.07) is 26.7. The smallest absolute Gasteiger partial charge is 0.330 e. The van der Waals surface area contributed by atoms with Crippen LogP contribution in [0, 0.1) is 19.8 Å². The van der Waals surface area contributed by atoms with Gasteiger partial charge in [0.2, 0.25) is 5.91 Å². The number of hydrogen-bond donors (Lipinski definition) is 2. The third-order valence-electron chi connectivity index (χ3n) is 8.55. The topological polar surface area (TPSA) is 84.2 Å². The third-order valence-corrected chi connectivity index (χ3v) is 8.55. The Hall–Kier alpha value is -4.45. The largest absolute Gasteiger partial charge is 0.479 e. The molecular weight excluding hydrogens is 510 g/mol. The summed E-state index contributed by atoms with van der Waals surface area (Å²) in [6.07, 6.45) is 4.11. The van der Waals surface area contributed by atoms with Gasteiger partial charge in [-0.05, 0) is 67.0 Å². The van der Waals surface area contributed by atoms with Crippen molar-refractivity contribution in [3.8, 4) is 0 Å². The molecule has 208 valence electrons. The molecule has 0 radical (unpaired) electrons. The van der Waals surface area contributed by atoms with Crippen molar-refractivity contribution in [3.63, 3.8) is 0 Å². The lowest BCUT2D eigenvalue weighted by Crippen LogP contribution is -2.38. The van der Waals surface area contributed by atoms with Gasteiger partial charge in [0.1, 0.15) is 5.65 Å². The number of nitrogens with one attached hydrogen (secondary N) is 1. The number of fused-ring (bicyclic) bond motifs is 3. The minimum absolute atomic E-state index is 0.193. The SMILES string of the molecule is Cc1cc(C)c2c3ccccc3n(Cc3ccc(C(C(=O)NC(C(=O)O)c4ccccc4)C4CCCC4)cc3)c2n1. The Morgan fingerprint density at radius 1 is 0.927 bits per heavy atom. The van der Waals surface area contributed by atoms with Crippen LogP contribution in [0.3, 0.4) is 0 Å². The molecule has 2 heterocycles. The molecule has 3 aromatic carbocycles. The van der Waals surface area contributed by atoms with Crippen LogP contribution in [0.15, 0.2) is 84.9 Å². The number of amides is 1. The van der Waals surface area contributed by atoms with Gasteiger partial charge in [0, 0.05) is 23.0 Å². The van der Waals surface area contributed by atoms with Crippen LogP contribution >= 0.6 is 0 Å². The molecule has 1 aliphatic rings. The van der Waals surface area contributed by atoms with Gasteiger partial charge in [-0.2, -0.15) is 0 Å². The van der Waals surface area contributed by atoms with E-state index in [2.05, 4.69) is 59.3 Å². The van der Waals surface area contributed by atoms with Crippen LogP contribution in [0.1, 0.15) is 65.6 Å². The predicted molar refractivity (Wildman–Crippen MR) is 162 cm³/mol. The Morgan fingerprint density at radius 2 is 1.61 bits per heavy atom. The highest BCUT2D eigenvalue weighted by molar-refractivity contribution is 6.08. The number of carbonyl (C=O) groups is 2. The van der Waals surface area contributed by atoms with Crippen LogP contribution in [-0.4, -0.2) is 26.5 Å². The highest BCUT2D eigenvalue weighted by atomic mass is 16.4. The second-order valence-electron chi connectivity index (χ2n) is 11.3. The average Bonchev–Trinajstić information content (AvgIpc) is 3.60. The van der Waals surface area contributed by atoms with E-state index in [0.717, 1.165) is 53.7 Å². The second-order valence-corrected chi connectivity index (χ2v) is 11.3. The van der Waals surface area contributed by atoms with Crippen LogP contribution in [0.25, 0.3) is 21.9 Å². The molecular formula is C35H35N3O3. The molecule has 2 unspecified atom stereocenters. The maximum atomic E-state index is 13.7. The summed E-state index contributed by atoms with van der Waals surface area (Å²) in [4.78, 5) is 30.8. The molecule has 5 aromatic rings. The van der Waals surface area contributed by atoms with Crippen molar-refractivity contribution in [2.24, 2.45) is 5.92 Å². The van der Waals surface area contributed by atoms with Crippen molar-refractivity contribution in [2.45, 2.75) is 58.0 Å². The first kappa shape index (κ1) is 26.8. The van der Waals surface area contributed by atoms with Gasteiger partial charge in [0.05, 0.1) is 11.4 Å². The van der Waals surface area contributed by atoms with Gasteiger partial charge >= 0.3 is 5.97 Å². The first-order valence-corrected chi connectivity index (χ1v) is 14.4. The molecule has 0 aliphatic heterocycles. The molecule has 0 spiro atoms. The molecule has 0 bridgehead atoms. The third kappa shape index (κ3) is 5.22. The van der Waals surface area contributed by atoms with E-state index in [1.54, 1.807) is 24.3 Å². The molecule has 41 heavy (non-hydrogen) atoms. The standard InChI is InChI=1S/C35H35N3O3/c1-22-20-23(2)36-33-30(22)28-14-8-9-15-29(28)38(33)21-24-16-18-26(19-17-24)31(25-10-6-7-11-25)34(39)37-32(35(40)41)27-12-4-3-5-13-27/h3-5,8-9,12-20,25,31-32H,6-7,10-11,21H2,1-2H3,(H,37,39)(H,40,41). The lowest BCUT2D eigenvalue weighted by Gasteiger charge is -2.25. The highest BCUT2D eigenvalue weighted by Gasteiger charge is 2.34. The summed E-state index contributed by atoms with van der Waals surface area (Å²) >= 11 is 0. The van der Waals surface area contributed by atoms with E-state index in [1.165, 1.54) is 16.3 Å². The summed E-state index contributed by atoms with van der Waals surface area (Å²) in [5.74, 6) is -1.48. The maximum absolute atomic E-state index is 13.7. The molecule has 1 saturated carbocycles. The minimum Gasteiger partial charge on any atom is -0.479 e. The number of para-hydroxylation sites is 1. The Morgan fingerprint density at radius 3 is 2.32 bits per heavy atom. The van der Waals surface area contributed by atoms with E-state index >= 15 is 0 Å². The Bertz CT molecular complexity index is 1720. The summed E-state index contributed by atoms with van der Waals surface area (Å²) in [6.45, 7) is 4.84. The van der Waals surface area contributed by atoms with E-state index in [0.29, 0.717) is 12.1 Å². The average molecular weight is 546 g/mol. The normalized spacial score (nSPS) is 15.3. The molecule has 1 fully saturated rings. The zero-order valence-corrected chi connectivity index (χ0v) is 23.5. The van der Waals surface area contributed by atoms with Crippen LogP contribution in [0.2, 0.25) is 0 Å². The van der Waals surface area contributed by atoms with Gasteiger partial charge in [-0.15, -0.1) is 0 Å². The van der Waals surface area contributed by atoms with E-state index in [9.17, 15) is 14.7 Å². The van der Waals surface area contributed by atoms with Gasteiger partial charge in [-0.25, -0.2) is 9.78 Å². The van der Waals surface area contributed by atoms with Crippen molar-refractivity contribution < 1.29 is 14.7 Å². The zero-order chi connectivity index (χ0) is 28.5. The van der Waals surface area contributed by atoms with E-state index < -0.39 is 17.9 Å². The van der Waals surface area contributed by atoms with Crippen molar-refractivity contribution in [2.75, 3.05) is 0 Å². The fraction of sp³-hybridized carbons (Fsp3) is 0.286. The lowest BCUT2D eigenvalue weighted by atomic mass is 9.83. The molecule has 6 rings (SSSR count). The molecule has 2 aromatic heterocycles. The van der Waals surface area contributed by atoms with Crippen LogP contribution in [0.5, 0.6) is 0 Å². The number of carboxylic acids is 1. The summed E-state index contributed by atoms with van der Waals surface area (Å²) in [5.41, 5.74) is 6.97. The number of rotatable bonds is 8. The molecule has 6 heteroatoms. The number of carbonyl (C=O) groups excluding carboxylic acids is 1. The summed E-state index contributed by atoms with van der Waals surface area (Å²) in [7, 11) is 0. The molecule has 6 nitrogen and oxygen atoms in total. The maximum Gasteiger partial charge on any atom is 0.330 e. The van der Waals surface area contributed by atoms with Crippen molar-refractivity contribution in [1.82, 2.24) is 14.9 Å². The minimum atomic E-state index is -1.08. The van der Waals surface area contributed by atoms with Gasteiger partial charge in [-0.1, -0.05) is 85.6 Å². The van der Waals surface area contributed by atoms with Crippen molar-refractivity contribution in [1.29, 1.82) is 0 Å². The van der Waals surface area contributed by atoms with E-state index in [1.807, 2.05) is 25.1 Å². The van der Waals surface area contributed by atoms with Gasteiger partial charge in [-0.3, -0.25) is 4.79 Å².